The third-order valence-electron chi connectivity index (χ3n) is 4.86. The fourth-order valence-electron chi connectivity index (χ4n) is 3.39. The number of benzene rings is 1. The topological polar surface area (TPSA) is 91.8 Å². The maximum atomic E-state index is 12.4. The lowest BCUT2D eigenvalue weighted by Crippen LogP contribution is -2.36. The standard InChI is InChI=1S/C21H23N5O3/c1-14(25-28-2)18-13-15-7-8-22-21(27)19(15)20(24-18)23-16-3-5-17(6-4-16)26-9-11-29-12-10-26/h3-8,13H,9-12H2,1-2H3,(H,22,27)(H,23,24)/b25-14+. The van der Waals surface area contributed by atoms with Crippen molar-refractivity contribution < 1.29 is 9.57 Å². The van der Waals surface area contributed by atoms with E-state index in [9.17, 15) is 4.79 Å². The average molecular weight is 393 g/mol. The van der Waals surface area contributed by atoms with Crippen LogP contribution in [-0.4, -0.2) is 49.1 Å². The summed E-state index contributed by atoms with van der Waals surface area (Å²) in [5.41, 5.74) is 3.05. The predicted molar refractivity (Wildman–Crippen MR) is 114 cm³/mol. The van der Waals surface area contributed by atoms with Crippen LogP contribution in [0.1, 0.15) is 12.6 Å². The van der Waals surface area contributed by atoms with Gasteiger partial charge in [0.05, 0.1) is 24.3 Å². The number of rotatable bonds is 5. The third kappa shape index (κ3) is 4.07. The maximum absolute atomic E-state index is 12.4. The molecule has 3 aromatic rings. The van der Waals surface area contributed by atoms with Gasteiger partial charge in [-0.25, -0.2) is 4.98 Å². The zero-order chi connectivity index (χ0) is 20.2. The molecule has 0 amide bonds. The van der Waals surface area contributed by atoms with Gasteiger partial charge in [-0.3, -0.25) is 4.79 Å². The molecule has 0 aliphatic carbocycles. The average Bonchev–Trinajstić information content (AvgIpc) is 2.75. The number of hydrogen-bond donors (Lipinski definition) is 2. The fourth-order valence-corrected chi connectivity index (χ4v) is 3.39. The van der Waals surface area contributed by atoms with Gasteiger partial charge in [0, 0.05) is 30.7 Å². The highest BCUT2D eigenvalue weighted by molar-refractivity contribution is 6.02. The molecule has 8 nitrogen and oxygen atoms in total. The zero-order valence-electron chi connectivity index (χ0n) is 16.4. The molecule has 0 bridgehead atoms. The van der Waals surface area contributed by atoms with Crippen molar-refractivity contribution in [2.75, 3.05) is 43.6 Å². The Hall–Kier alpha value is -3.39. The molecule has 1 aliphatic rings. The molecule has 0 spiro atoms. The molecule has 8 heteroatoms. The summed E-state index contributed by atoms with van der Waals surface area (Å²) in [7, 11) is 1.49. The molecule has 1 aliphatic heterocycles. The highest BCUT2D eigenvalue weighted by atomic mass is 16.6. The van der Waals surface area contributed by atoms with Crippen LogP contribution < -0.4 is 15.8 Å². The SMILES string of the molecule is CO/N=C(\C)c1cc2cc[nH]c(=O)c2c(Nc2ccc(N3CCOCC3)cc2)n1. The van der Waals surface area contributed by atoms with Crippen LogP contribution in [0.3, 0.4) is 0 Å². The molecule has 1 fully saturated rings. The van der Waals surface area contributed by atoms with Crippen molar-refractivity contribution in [3.63, 3.8) is 0 Å². The summed E-state index contributed by atoms with van der Waals surface area (Å²) in [6.07, 6.45) is 1.62. The summed E-state index contributed by atoms with van der Waals surface area (Å²) in [4.78, 5) is 26.9. The minimum Gasteiger partial charge on any atom is -0.399 e. The summed E-state index contributed by atoms with van der Waals surface area (Å²) >= 11 is 0. The summed E-state index contributed by atoms with van der Waals surface area (Å²) in [5.74, 6) is 0.476. The first-order chi connectivity index (χ1) is 14.2. The van der Waals surface area contributed by atoms with Crippen LogP contribution in [0.5, 0.6) is 0 Å². The molecule has 0 radical (unpaired) electrons. The maximum Gasteiger partial charge on any atom is 0.259 e. The normalized spacial score (nSPS) is 14.8. The summed E-state index contributed by atoms with van der Waals surface area (Å²) in [6.45, 7) is 5.07. The van der Waals surface area contributed by atoms with Crippen LogP contribution in [0.2, 0.25) is 0 Å². The molecular weight excluding hydrogens is 370 g/mol. The van der Waals surface area contributed by atoms with Crippen LogP contribution in [0.4, 0.5) is 17.2 Å². The van der Waals surface area contributed by atoms with Gasteiger partial charge in [0.2, 0.25) is 0 Å². The smallest absolute Gasteiger partial charge is 0.259 e. The van der Waals surface area contributed by atoms with Gasteiger partial charge in [0.15, 0.2) is 0 Å². The highest BCUT2D eigenvalue weighted by Crippen LogP contribution is 2.25. The van der Waals surface area contributed by atoms with E-state index in [1.165, 1.54) is 7.11 Å². The van der Waals surface area contributed by atoms with E-state index < -0.39 is 0 Å². The number of fused-ring (bicyclic) bond motifs is 1. The lowest BCUT2D eigenvalue weighted by molar-refractivity contribution is 0.122. The van der Waals surface area contributed by atoms with Crippen molar-refractivity contribution in [3.8, 4) is 0 Å². The van der Waals surface area contributed by atoms with E-state index >= 15 is 0 Å². The van der Waals surface area contributed by atoms with Gasteiger partial charge in [-0.15, -0.1) is 0 Å². The third-order valence-corrected chi connectivity index (χ3v) is 4.86. The Morgan fingerprint density at radius 2 is 2.00 bits per heavy atom. The number of morpholine rings is 1. The number of H-pyrrole nitrogens is 1. The number of pyridine rings is 2. The van der Waals surface area contributed by atoms with E-state index in [0.717, 1.165) is 43.1 Å². The van der Waals surface area contributed by atoms with Gasteiger partial charge in [-0.2, -0.15) is 0 Å². The Bertz CT molecular complexity index is 1090. The number of aromatic amines is 1. The van der Waals surface area contributed by atoms with Crippen molar-refractivity contribution in [1.29, 1.82) is 0 Å². The van der Waals surface area contributed by atoms with Gasteiger partial charge in [0.1, 0.15) is 18.6 Å². The monoisotopic (exact) mass is 393 g/mol. The number of anilines is 3. The molecule has 1 saturated heterocycles. The summed E-state index contributed by atoms with van der Waals surface area (Å²) < 4.78 is 5.41. The second-order valence-corrected chi connectivity index (χ2v) is 6.76. The van der Waals surface area contributed by atoms with E-state index in [2.05, 4.69) is 37.5 Å². The van der Waals surface area contributed by atoms with Gasteiger partial charge >= 0.3 is 0 Å². The Labute approximate surface area is 168 Å². The first kappa shape index (κ1) is 18.9. The van der Waals surface area contributed by atoms with Gasteiger partial charge in [0.25, 0.3) is 5.56 Å². The van der Waals surface area contributed by atoms with Crippen LogP contribution in [0.15, 0.2) is 52.5 Å². The number of aromatic nitrogens is 2. The van der Waals surface area contributed by atoms with Crippen LogP contribution in [0, 0.1) is 0 Å². The van der Waals surface area contributed by atoms with E-state index in [1.54, 1.807) is 6.20 Å². The molecule has 1 aromatic carbocycles. The largest absolute Gasteiger partial charge is 0.399 e. The van der Waals surface area contributed by atoms with Gasteiger partial charge in [-0.1, -0.05) is 5.16 Å². The fraction of sp³-hybridized carbons (Fsp3) is 0.286. The van der Waals surface area contributed by atoms with Crippen molar-refractivity contribution >= 4 is 33.7 Å². The molecule has 0 atom stereocenters. The molecular formula is C21H23N5O3. The number of hydrogen-bond acceptors (Lipinski definition) is 7. The van der Waals surface area contributed by atoms with Crippen molar-refractivity contribution in [1.82, 2.24) is 9.97 Å². The first-order valence-electron chi connectivity index (χ1n) is 9.46. The van der Waals surface area contributed by atoms with Crippen molar-refractivity contribution in [2.24, 2.45) is 5.16 Å². The molecule has 2 N–H and O–H groups in total. The highest BCUT2D eigenvalue weighted by Gasteiger charge is 2.13. The minimum absolute atomic E-state index is 0.199. The molecule has 0 unspecified atom stereocenters. The molecule has 3 heterocycles. The number of nitrogens with zero attached hydrogens (tertiary/aromatic N) is 3. The van der Waals surface area contributed by atoms with E-state index in [0.29, 0.717) is 22.6 Å². The Kier molecular flexibility index (Phi) is 5.44. The number of ether oxygens (including phenoxy) is 1. The van der Waals surface area contributed by atoms with Crippen LogP contribution in [0.25, 0.3) is 10.8 Å². The summed E-state index contributed by atoms with van der Waals surface area (Å²) in [5, 5.41) is 8.52. The molecule has 2 aromatic heterocycles. The van der Waals surface area contributed by atoms with Crippen LogP contribution >= 0.6 is 0 Å². The molecule has 150 valence electrons. The van der Waals surface area contributed by atoms with E-state index in [1.807, 2.05) is 31.2 Å². The molecule has 29 heavy (non-hydrogen) atoms. The number of nitrogens with one attached hydrogen (secondary N) is 2. The Morgan fingerprint density at radius 1 is 1.24 bits per heavy atom. The first-order valence-corrected chi connectivity index (χ1v) is 9.46. The van der Waals surface area contributed by atoms with Crippen molar-refractivity contribution in [3.05, 3.63) is 58.6 Å². The predicted octanol–water partition coefficient (Wildman–Crippen LogP) is 2.87. The lowest BCUT2D eigenvalue weighted by atomic mass is 10.1. The number of oxime groups is 1. The van der Waals surface area contributed by atoms with Gasteiger partial charge < -0.3 is 24.8 Å². The Balaban J connectivity index is 1.69. The Morgan fingerprint density at radius 3 is 2.72 bits per heavy atom. The summed E-state index contributed by atoms with van der Waals surface area (Å²) in [6, 6.07) is 11.8. The van der Waals surface area contributed by atoms with E-state index in [4.69, 9.17) is 9.57 Å². The van der Waals surface area contributed by atoms with Crippen LogP contribution in [-0.2, 0) is 9.57 Å². The second-order valence-electron chi connectivity index (χ2n) is 6.76. The van der Waals surface area contributed by atoms with Crippen molar-refractivity contribution in [2.45, 2.75) is 6.92 Å². The lowest BCUT2D eigenvalue weighted by Gasteiger charge is -2.28. The molecule has 0 saturated carbocycles. The second kappa shape index (κ2) is 8.32. The minimum atomic E-state index is -0.199. The van der Waals surface area contributed by atoms with Gasteiger partial charge in [-0.05, 0) is 48.7 Å². The zero-order valence-corrected chi connectivity index (χ0v) is 16.4. The molecule has 4 rings (SSSR count). The quantitative estimate of drug-likeness (QED) is 0.512. The van der Waals surface area contributed by atoms with E-state index in [-0.39, 0.29) is 5.56 Å².